The summed E-state index contributed by atoms with van der Waals surface area (Å²) in [7, 11) is 3.37. The molecule has 0 spiro atoms. The van der Waals surface area contributed by atoms with Gasteiger partial charge in [0.15, 0.2) is 11.6 Å². The molecule has 1 aliphatic rings. The van der Waals surface area contributed by atoms with Crippen LogP contribution in [0.3, 0.4) is 0 Å². The maximum Gasteiger partial charge on any atom is 0.307 e. The van der Waals surface area contributed by atoms with Crippen molar-refractivity contribution in [3.63, 3.8) is 0 Å². The van der Waals surface area contributed by atoms with E-state index in [0.29, 0.717) is 22.2 Å². The summed E-state index contributed by atoms with van der Waals surface area (Å²) in [6, 6.07) is 2.74. The molecule has 2 aromatic rings. The lowest BCUT2D eigenvalue weighted by Crippen LogP contribution is -2.35. The summed E-state index contributed by atoms with van der Waals surface area (Å²) in [5.74, 6) is -1.78. The average molecular weight is 362 g/mol. The van der Waals surface area contributed by atoms with E-state index in [4.69, 9.17) is 4.74 Å². The number of carbonyl (C=O) groups excluding carboxylic acids is 1. The highest BCUT2D eigenvalue weighted by molar-refractivity contribution is 5.99. The van der Waals surface area contributed by atoms with Crippen LogP contribution in [0.1, 0.15) is 28.9 Å². The second kappa shape index (κ2) is 7.07. The van der Waals surface area contributed by atoms with E-state index in [1.807, 2.05) is 7.05 Å². The summed E-state index contributed by atoms with van der Waals surface area (Å²) < 4.78 is 20.8. The maximum absolute atomic E-state index is 14.3. The molecule has 0 radical (unpaired) electrons. The number of likely N-dealkylation sites (tertiary alicyclic amines) is 1. The van der Waals surface area contributed by atoms with Crippen molar-refractivity contribution >= 4 is 22.8 Å². The number of carbonyl (C=O) groups is 2. The van der Waals surface area contributed by atoms with Crippen LogP contribution in [0.5, 0.6) is 5.75 Å². The van der Waals surface area contributed by atoms with Crippen LogP contribution in [0, 0.1) is 18.7 Å². The van der Waals surface area contributed by atoms with E-state index in [1.54, 1.807) is 6.92 Å². The van der Waals surface area contributed by atoms with E-state index in [2.05, 4.69) is 4.90 Å². The summed E-state index contributed by atoms with van der Waals surface area (Å²) >= 11 is 0. The molecule has 1 aromatic heterocycles. The standard InChI is InChI=1S/C19H23FN2O4/c1-11-13(9-18(23)24)14-8-17(26-3)15(20)10-16(14)22(11)19(25)12-4-6-21(2)7-5-12/h8,10,12H,4-7,9H2,1-3H3,(H,23,24). The van der Waals surface area contributed by atoms with Crippen LogP contribution in [0.2, 0.25) is 0 Å². The van der Waals surface area contributed by atoms with Gasteiger partial charge in [-0.1, -0.05) is 0 Å². The van der Waals surface area contributed by atoms with E-state index >= 15 is 0 Å². The van der Waals surface area contributed by atoms with Crippen LogP contribution in [-0.4, -0.2) is 53.7 Å². The zero-order valence-corrected chi connectivity index (χ0v) is 15.2. The molecule has 3 rings (SSSR count). The van der Waals surface area contributed by atoms with Gasteiger partial charge in [-0.25, -0.2) is 4.39 Å². The van der Waals surface area contributed by atoms with Crippen molar-refractivity contribution in [3.8, 4) is 5.75 Å². The van der Waals surface area contributed by atoms with Gasteiger partial charge in [-0.3, -0.25) is 14.2 Å². The van der Waals surface area contributed by atoms with Gasteiger partial charge in [0.1, 0.15) is 0 Å². The molecule has 0 bridgehead atoms. The Kier molecular flexibility index (Phi) is 5.00. The van der Waals surface area contributed by atoms with E-state index in [-0.39, 0.29) is 24.0 Å². The molecule has 0 atom stereocenters. The van der Waals surface area contributed by atoms with E-state index < -0.39 is 11.8 Å². The number of hydrogen-bond donors (Lipinski definition) is 1. The van der Waals surface area contributed by atoms with Gasteiger partial charge >= 0.3 is 5.97 Å². The molecule has 2 heterocycles. The van der Waals surface area contributed by atoms with Gasteiger partial charge in [0.2, 0.25) is 5.91 Å². The third kappa shape index (κ3) is 3.19. The predicted molar refractivity (Wildman–Crippen MR) is 95.4 cm³/mol. The summed E-state index contributed by atoms with van der Waals surface area (Å²) in [6.07, 6.45) is 1.24. The lowest BCUT2D eigenvalue weighted by molar-refractivity contribution is -0.136. The number of benzene rings is 1. The third-order valence-corrected chi connectivity index (χ3v) is 5.22. The first-order valence-corrected chi connectivity index (χ1v) is 8.65. The van der Waals surface area contributed by atoms with E-state index in [0.717, 1.165) is 25.9 Å². The Morgan fingerprint density at radius 2 is 1.96 bits per heavy atom. The smallest absolute Gasteiger partial charge is 0.307 e. The minimum Gasteiger partial charge on any atom is -0.494 e. The number of carboxylic acids is 1. The second-order valence-electron chi connectivity index (χ2n) is 6.89. The second-order valence-corrected chi connectivity index (χ2v) is 6.89. The Morgan fingerprint density at radius 3 is 2.54 bits per heavy atom. The Hall–Kier alpha value is -2.41. The number of piperidine rings is 1. The largest absolute Gasteiger partial charge is 0.494 e. The number of fused-ring (bicyclic) bond motifs is 1. The Bertz CT molecular complexity index is 866. The molecule has 1 aliphatic heterocycles. The first kappa shape index (κ1) is 18.4. The van der Waals surface area contributed by atoms with Crippen LogP contribution in [0.15, 0.2) is 12.1 Å². The zero-order valence-electron chi connectivity index (χ0n) is 15.2. The van der Waals surface area contributed by atoms with Crippen molar-refractivity contribution in [2.45, 2.75) is 26.2 Å². The van der Waals surface area contributed by atoms with Gasteiger partial charge < -0.3 is 14.7 Å². The number of aliphatic carboxylic acids is 1. The molecule has 0 aliphatic carbocycles. The summed E-state index contributed by atoms with van der Waals surface area (Å²) in [6.45, 7) is 3.38. The average Bonchev–Trinajstić information content (AvgIpc) is 2.85. The number of hydrogen-bond acceptors (Lipinski definition) is 4. The van der Waals surface area contributed by atoms with Crippen molar-refractivity contribution in [2.24, 2.45) is 5.92 Å². The fourth-order valence-electron chi connectivity index (χ4n) is 3.73. The normalized spacial score (nSPS) is 16.2. The predicted octanol–water partition coefficient (Wildman–Crippen LogP) is 2.71. The van der Waals surface area contributed by atoms with Gasteiger partial charge in [-0.2, -0.15) is 0 Å². The van der Waals surface area contributed by atoms with Crippen LogP contribution >= 0.6 is 0 Å². The number of halogens is 1. The number of nitrogens with zero attached hydrogens (tertiary/aromatic N) is 2. The van der Waals surface area contributed by atoms with E-state index in [9.17, 15) is 19.1 Å². The van der Waals surface area contributed by atoms with E-state index in [1.165, 1.54) is 23.8 Å². The Morgan fingerprint density at radius 1 is 1.31 bits per heavy atom. The molecule has 1 fully saturated rings. The lowest BCUT2D eigenvalue weighted by Gasteiger charge is -2.28. The molecular formula is C19H23FN2O4. The molecule has 140 valence electrons. The number of aromatic nitrogens is 1. The molecule has 7 heteroatoms. The fraction of sp³-hybridized carbons (Fsp3) is 0.474. The zero-order chi connectivity index (χ0) is 19.0. The van der Waals surface area contributed by atoms with Gasteiger partial charge in [0.25, 0.3) is 0 Å². The van der Waals surface area contributed by atoms with Gasteiger partial charge in [-0.05, 0) is 51.5 Å². The quantitative estimate of drug-likeness (QED) is 0.905. The number of methoxy groups -OCH3 is 1. The Labute approximate surface area is 151 Å². The highest BCUT2D eigenvalue weighted by atomic mass is 19.1. The van der Waals surface area contributed by atoms with Crippen molar-refractivity contribution < 1.29 is 23.8 Å². The molecular weight excluding hydrogens is 339 g/mol. The van der Waals surface area contributed by atoms with Crippen molar-refractivity contribution in [2.75, 3.05) is 27.2 Å². The van der Waals surface area contributed by atoms with Gasteiger partial charge in [0.05, 0.1) is 19.0 Å². The monoisotopic (exact) mass is 362 g/mol. The van der Waals surface area contributed by atoms with Crippen molar-refractivity contribution in [1.29, 1.82) is 0 Å². The molecule has 1 saturated heterocycles. The molecule has 0 unspecified atom stereocenters. The minimum atomic E-state index is -0.998. The highest BCUT2D eigenvalue weighted by Gasteiger charge is 2.29. The van der Waals surface area contributed by atoms with Crippen molar-refractivity contribution in [1.82, 2.24) is 9.47 Å². The molecule has 0 saturated carbocycles. The van der Waals surface area contributed by atoms with Crippen molar-refractivity contribution in [3.05, 3.63) is 29.2 Å². The number of rotatable bonds is 4. The van der Waals surface area contributed by atoms with Gasteiger partial charge in [0, 0.05) is 23.1 Å². The summed E-state index contributed by atoms with van der Waals surface area (Å²) in [4.78, 5) is 26.6. The van der Waals surface area contributed by atoms with Crippen LogP contribution < -0.4 is 4.74 Å². The first-order chi connectivity index (χ1) is 12.3. The number of carboxylic acid groups (broad SMARTS) is 1. The van der Waals surface area contributed by atoms with Gasteiger partial charge in [-0.15, -0.1) is 0 Å². The summed E-state index contributed by atoms with van der Waals surface area (Å²) in [5.41, 5.74) is 1.48. The fourth-order valence-corrected chi connectivity index (χ4v) is 3.73. The molecule has 1 aromatic carbocycles. The van der Waals surface area contributed by atoms with Crippen LogP contribution in [0.25, 0.3) is 10.9 Å². The lowest BCUT2D eigenvalue weighted by atomic mass is 9.96. The summed E-state index contributed by atoms with van der Waals surface area (Å²) in [5, 5.41) is 9.80. The molecule has 1 N–H and O–H groups in total. The maximum atomic E-state index is 14.3. The highest BCUT2D eigenvalue weighted by Crippen LogP contribution is 2.33. The molecule has 0 amide bonds. The molecule has 26 heavy (non-hydrogen) atoms. The van der Waals surface area contributed by atoms with Crippen LogP contribution in [0.4, 0.5) is 4.39 Å². The minimum absolute atomic E-state index is 0.0352. The number of ether oxygens (including phenoxy) is 1. The first-order valence-electron chi connectivity index (χ1n) is 8.65. The van der Waals surface area contributed by atoms with Crippen LogP contribution in [-0.2, 0) is 11.2 Å². The Balaban J connectivity index is 2.14. The topological polar surface area (TPSA) is 71.8 Å². The third-order valence-electron chi connectivity index (χ3n) is 5.22. The SMILES string of the molecule is COc1cc2c(CC(=O)O)c(C)n(C(=O)C3CCN(C)CC3)c2cc1F. The molecule has 6 nitrogen and oxygen atoms in total.